The van der Waals surface area contributed by atoms with E-state index in [1.807, 2.05) is 0 Å². The minimum atomic E-state index is -0.426. The van der Waals surface area contributed by atoms with Crippen LogP contribution in [-0.4, -0.2) is 24.5 Å². The average molecular weight is 320 g/mol. The van der Waals surface area contributed by atoms with Crippen LogP contribution in [0.15, 0.2) is 22.7 Å². The Balaban J connectivity index is 2.05. The Morgan fingerprint density at radius 1 is 1.59 bits per heavy atom. The molecule has 1 aliphatic heterocycles. The molecule has 17 heavy (non-hydrogen) atoms. The van der Waals surface area contributed by atoms with Crippen LogP contribution >= 0.6 is 27.5 Å². The molecule has 1 fully saturated rings. The number of halogens is 2. The van der Waals surface area contributed by atoms with Crippen LogP contribution in [0.3, 0.4) is 0 Å². The fourth-order valence-corrected chi connectivity index (χ4v) is 2.06. The maximum atomic E-state index is 11.9. The van der Waals surface area contributed by atoms with Gasteiger partial charge in [0, 0.05) is 22.7 Å². The third kappa shape index (κ3) is 2.97. The van der Waals surface area contributed by atoms with Gasteiger partial charge in [0.2, 0.25) is 5.91 Å². The normalized spacial score (nSPS) is 23.7. The third-order valence-corrected chi connectivity index (χ3v) is 3.71. The highest BCUT2D eigenvalue weighted by Crippen LogP contribution is 2.25. The highest BCUT2D eigenvalue weighted by molar-refractivity contribution is 9.10. The minimum absolute atomic E-state index is 0.170. The maximum absolute atomic E-state index is 11.9. The minimum Gasteiger partial charge on any atom is -0.325 e. The fraction of sp³-hybridized carbons (Fsp3) is 0.300. The molecule has 5 N–H and O–H groups in total. The first kappa shape index (κ1) is 12.8. The van der Waals surface area contributed by atoms with Gasteiger partial charge in [0.1, 0.15) is 6.04 Å². The van der Waals surface area contributed by atoms with Crippen molar-refractivity contribution in [1.82, 2.24) is 10.9 Å². The number of hydrogen-bond donors (Lipinski definition) is 4. The number of carbonyl (C=O) groups excluding carboxylic acids is 1. The monoisotopic (exact) mass is 318 g/mol. The van der Waals surface area contributed by atoms with Crippen LogP contribution in [-0.2, 0) is 4.79 Å². The summed E-state index contributed by atoms with van der Waals surface area (Å²) in [6, 6.07) is 4.53. The van der Waals surface area contributed by atoms with Crippen molar-refractivity contribution in [2.24, 2.45) is 5.73 Å². The quantitative estimate of drug-likeness (QED) is 0.651. The van der Waals surface area contributed by atoms with E-state index in [2.05, 4.69) is 32.1 Å². The lowest BCUT2D eigenvalue weighted by Crippen LogP contribution is -2.47. The Bertz CT molecular complexity index is 442. The molecule has 2 unspecified atom stereocenters. The zero-order valence-corrected chi connectivity index (χ0v) is 11.2. The summed E-state index contributed by atoms with van der Waals surface area (Å²) >= 11 is 9.16. The van der Waals surface area contributed by atoms with Crippen molar-refractivity contribution in [2.75, 3.05) is 11.9 Å². The number of nitrogens with one attached hydrogen (secondary N) is 3. The Labute approximate surface area is 112 Å². The number of nitrogens with two attached hydrogens (primary N) is 1. The Hall–Kier alpha value is -0.660. The van der Waals surface area contributed by atoms with Gasteiger partial charge in [0.05, 0.1) is 5.02 Å². The van der Waals surface area contributed by atoms with Crippen molar-refractivity contribution in [3.05, 3.63) is 27.7 Å². The summed E-state index contributed by atoms with van der Waals surface area (Å²) in [7, 11) is 0. The maximum Gasteiger partial charge on any atom is 0.244 e. The summed E-state index contributed by atoms with van der Waals surface area (Å²) in [4.78, 5) is 11.9. The van der Waals surface area contributed by atoms with E-state index in [4.69, 9.17) is 17.3 Å². The first-order chi connectivity index (χ1) is 8.08. The molecule has 2 atom stereocenters. The first-order valence-corrected chi connectivity index (χ1v) is 6.25. The number of carbonyl (C=O) groups is 1. The molecule has 7 heteroatoms. The van der Waals surface area contributed by atoms with Crippen molar-refractivity contribution < 1.29 is 4.79 Å². The van der Waals surface area contributed by atoms with E-state index < -0.39 is 6.04 Å². The second kappa shape index (κ2) is 5.32. The average Bonchev–Trinajstić information content (AvgIpc) is 2.70. The first-order valence-electron chi connectivity index (χ1n) is 5.08. The van der Waals surface area contributed by atoms with Gasteiger partial charge in [0.15, 0.2) is 0 Å². The molecular weight excluding hydrogens is 307 g/mol. The van der Waals surface area contributed by atoms with Crippen LogP contribution in [0.5, 0.6) is 0 Å². The molecule has 1 aliphatic rings. The van der Waals surface area contributed by atoms with Gasteiger partial charge in [-0.05, 0) is 34.1 Å². The molecule has 2 rings (SSSR count). The van der Waals surface area contributed by atoms with Gasteiger partial charge in [-0.15, -0.1) is 0 Å². The number of benzene rings is 1. The molecule has 1 amide bonds. The molecule has 5 nitrogen and oxygen atoms in total. The van der Waals surface area contributed by atoms with Crippen molar-refractivity contribution in [1.29, 1.82) is 0 Å². The zero-order chi connectivity index (χ0) is 12.4. The largest absolute Gasteiger partial charge is 0.325 e. The van der Waals surface area contributed by atoms with Crippen LogP contribution in [0.4, 0.5) is 5.69 Å². The van der Waals surface area contributed by atoms with E-state index in [0.717, 1.165) is 4.47 Å². The predicted octanol–water partition coefficient (Wildman–Crippen LogP) is 0.845. The number of hydrazine groups is 1. The lowest BCUT2D eigenvalue weighted by atomic mass is 10.1. The van der Waals surface area contributed by atoms with Crippen molar-refractivity contribution >= 4 is 39.1 Å². The molecule has 1 aromatic rings. The van der Waals surface area contributed by atoms with E-state index >= 15 is 0 Å². The predicted molar refractivity (Wildman–Crippen MR) is 70.7 cm³/mol. The SMILES string of the molecule is NC1CNNC1C(=O)Nc1ccc(Cl)c(Br)c1. The summed E-state index contributed by atoms with van der Waals surface area (Å²) in [6.07, 6.45) is 0. The molecule has 0 radical (unpaired) electrons. The van der Waals surface area contributed by atoms with Crippen LogP contribution in [0.1, 0.15) is 0 Å². The van der Waals surface area contributed by atoms with E-state index in [1.54, 1.807) is 18.2 Å². The molecule has 1 saturated heterocycles. The molecule has 0 aromatic heterocycles. The smallest absolute Gasteiger partial charge is 0.244 e. The van der Waals surface area contributed by atoms with E-state index in [0.29, 0.717) is 17.3 Å². The Morgan fingerprint density at radius 2 is 2.35 bits per heavy atom. The molecule has 0 saturated carbocycles. The topological polar surface area (TPSA) is 79.2 Å². The van der Waals surface area contributed by atoms with E-state index in [1.165, 1.54) is 0 Å². The van der Waals surface area contributed by atoms with Gasteiger partial charge in [-0.2, -0.15) is 0 Å². The molecule has 92 valence electrons. The Morgan fingerprint density at radius 3 is 2.94 bits per heavy atom. The van der Waals surface area contributed by atoms with Crippen LogP contribution < -0.4 is 21.9 Å². The summed E-state index contributed by atoms with van der Waals surface area (Å²) < 4.78 is 0.735. The highest BCUT2D eigenvalue weighted by Gasteiger charge is 2.29. The van der Waals surface area contributed by atoms with Gasteiger partial charge in [-0.1, -0.05) is 11.6 Å². The second-order valence-corrected chi connectivity index (χ2v) is 5.05. The van der Waals surface area contributed by atoms with Gasteiger partial charge < -0.3 is 11.1 Å². The molecule has 1 aromatic carbocycles. The number of amides is 1. The third-order valence-electron chi connectivity index (χ3n) is 2.49. The van der Waals surface area contributed by atoms with Crippen LogP contribution in [0.25, 0.3) is 0 Å². The van der Waals surface area contributed by atoms with Gasteiger partial charge in [-0.3, -0.25) is 10.2 Å². The van der Waals surface area contributed by atoms with Crippen molar-refractivity contribution in [3.63, 3.8) is 0 Å². The van der Waals surface area contributed by atoms with Gasteiger partial charge in [0.25, 0.3) is 0 Å². The van der Waals surface area contributed by atoms with Gasteiger partial charge in [-0.25, -0.2) is 5.43 Å². The van der Waals surface area contributed by atoms with Gasteiger partial charge >= 0.3 is 0 Å². The van der Waals surface area contributed by atoms with E-state index in [9.17, 15) is 4.79 Å². The standard InChI is InChI=1S/C10H12BrClN4O/c11-6-3-5(1-2-7(6)12)15-10(17)9-8(13)4-14-16-9/h1-3,8-9,14,16H,4,13H2,(H,15,17). The number of anilines is 1. The zero-order valence-electron chi connectivity index (χ0n) is 8.84. The number of hydrogen-bond acceptors (Lipinski definition) is 4. The Kier molecular flexibility index (Phi) is 4.01. The molecule has 0 aliphatic carbocycles. The van der Waals surface area contributed by atoms with Crippen LogP contribution in [0.2, 0.25) is 5.02 Å². The molecular formula is C10H12BrClN4O. The second-order valence-electron chi connectivity index (χ2n) is 3.78. The molecule has 0 spiro atoms. The summed E-state index contributed by atoms with van der Waals surface area (Å²) in [5.41, 5.74) is 12.1. The molecule has 1 heterocycles. The summed E-state index contributed by atoms with van der Waals surface area (Å²) in [5.74, 6) is -0.170. The number of rotatable bonds is 2. The summed E-state index contributed by atoms with van der Waals surface area (Å²) in [5, 5.41) is 3.37. The lowest BCUT2D eigenvalue weighted by molar-refractivity contribution is -0.118. The highest BCUT2D eigenvalue weighted by atomic mass is 79.9. The van der Waals surface area contributed by atoms with Crippen molar-refractivity contribution in [2.45, 2.75) is 12.1 Å². The molecule has 0 bridgehead atoms. The van der Waals surface area contributed by atoms with E-state index in [-0.39, 0.29) is 11.9 Å². The fourth-order valence-electron chi connectivity index (χ4n) is 1.57. The summed E-state index contributed by atoms with van der Waals surface area (Å²) in [6.45, 7) is 0.572. The lowest BCUT2D eigenvalue weighted by Gasteiger charge is -2.14. The van der Waals surface area contributed by atoms with Crippen LogP contribution in [0, 0.1) is 0 Å². The van der Waals surface area contributed by atoms with Crippen molar-refractivity contribution in [3.8, 4) is 0 Å².